The van der Waals surface area contributed by atoms with Crippen LogP contribution in [-0.4, -0.2) is 21.2 Å². The molecule has 1 aromatic heterocycles. The Bertz CT molecular complexity index is 1040. The van der Waals surface area contributed by atoms with E-state index < -0.39 is 10.2 Å². The van der Waals surface area contributed by atoms with Gasteiger partial charge in [-0.1, -0.05) is 30.3 Å². The summed E-state index contributed by atoms with van der Waals surface area (Å²) in [6.45, 7) is 1.93. The molecule has 7 nitrogen and oxygen atoms in total. The van der Waals surface area contributed by atoms with Gasteiger partial charge in [-0.05, 0) is 24.6 Å². The van der Waals surface area contributed by atoms with E-state index in [4.69, 9.17) is 18.6 Å². The van der Waals surface area contributed by atoms with E-state index in [0.717, 1.165) is 10.9 Å². The van der Waals surface area contributed by atoms with Crippen LogP contribution >= 0.6 is 0 Å². The van der Waals surface area contributed by atoms with Gasteiger partial charge in [0.25, 0.3) is 0 Å². The Morgan fingerprint density at radius 3 is 2.12 bits per heavy atom. The molecule has 1 aliphatic rings. The Hall–Kier alpha value is -2.68. The number of fused-ring (bicyclic) bond motifs is 4. The summed E-state index contributed by atoms with van der Waals surface area (Å²) in [7, 11) is -4.69. The van der Waals surface area contributed by atoms with Crippen LogP contribution in [0.4, 0.5) is 0 Å². The highest BCUT2D eigenvalue weighted by Crippen LogP contribution is 2.33. The lowest BCUT2D eigenvalue weighted by atomic mass is 9.82. The summed E-state index contributed by atoms with van der Waals surface area (Å²) in [5.41, 5.74) is 3.40. The quantitative estimate of drug-likeness (QED) is 0.425. The summed E-state index contributed by atoms with van der Waals surface area (Å²) in [5, 5.41) is 0.914. The van der Waals surface area contributed by atoms with Crippen molar-refractivity contribution in [1.29, 1.82) is 0 Å². The molecule has 8 heteroatoms. The predicted molar refractivity (Wildman–Crippen MR) is 82.0 cm³/mol. The Balaban J connectivity index is 0.000000349. The molecule has 0 saturated carbocycles. The zero-order chi connectivity index (χ0) is 19.1. The Labute approximate surface area is 149 Å². The highest BCUT2D eigenvalue weighted by Gasteiger charge is 2.31. The largest absolute Gasteiger partial charge is 0.289 e. The van der Waals surface area contributed by atoms with E-state index >= 15 is 0 Å². The molecule has 0 amide bonds. The first-order chi connectivity index (χ1) is 12.2. The number of rotatable bonds is 0. The van der Waals surface area contributed by atoms with Gasteiger partial charge in [-0.2, -0.15) is 14.0 Å². The van der Waals surface area contributed by atoms with E-state index in [-0.39, 0.29) is 11.6 Å². The number of ketones is 2. The van der Waals surface area contributed by atoms with E-state index in [1.54, 1.807) is 36.5 Å². The number of halogens is 1. The maximum absolute atomic E-state index is 12.8. The zero-order valence-corrected chi connectivity index (χ0v) is 14.2. The molecule has 1 heterocycles. The molecule has 0 spiro atoms. The standard InChI is InChI=1S/C18H11NO2.ClHO4/c1-10-9-14-15(16-11(10)7-4-8-19-16)18(21)13-6-3-2-5-12(13)17(14)20;2-1(3,4)5/h2-9H,1H3;(H,2,3,4,5). The van der Waals surface area contributed by atoms with Gasteiger partial charge in [-0.3, -0.25) is 14.6 Å². The number of carbonyl (C=O) groups is 2. The van der Waals surface area contributed by atoms with Crippen molar-refractivity contribution < 1.29 is 38.5 Å². The summed E-state index contributed by atoms with van der Waals surface area (Å²) in [6.07, 6.45) is 1.65. The average molecular weight is 374 g/mol. The lowest BCUT2D eigenvalue weighted by Crippen LogP contribution is -2.58. The van der Waals surface area contributed by atoms with Gasteiger partial charge in [-0.15, -0.1) is 0 Å². The molecule has 3 aromatic rings. The van der Waals surface area contributed by atoms with Crippen molar-refractivity contribution in [2.24, 2.45) is 0 Å². The van der Waals surface area contributed by atoms with E-state index in [9.17, 15) is 9.59 Å². The van der Waals surface area contributed by atoms with Crippen molar-refractivity contribution in [2.45, 2.75) is 6.92 Å². The summed E-state index contributed by atoms with van der Waals surface area (Å²) >= 11 is 0. The molecule has 0 bridgehead atoms. The number of hydrogen-bond donors (Lipinski definition) is 1. The van der Waals surface area contributed by atoms with Crippen LogP contribution in [0.1, 0.15) is 37.4 Å². The topological polar surface area (TPSA) is 136 Å². The predicted octanol–water partition coefficient (Wildman–Crippen LogP) is -0.805. The summed E-state index contributed by atoms with van der Waals surface area (Å²) < 4.78 is 32.7. The number of nitrogens with zero attached hydrogens (tertiary/aromatic N) is 1. The lowest BCUT2D eigenvalue weighted by Gasteiger charge is -2.19. The molecule has 0 unspecified atom stereocenters. The smallest absolute Gasteiger partial charge is 0.196 e. The van der Waals surface area contributed by atoms with Gasteiger partial charge in [0.2, 0.25) is 0 Å². The minimum atomic E-state index is -4.69. The first-order valence-electron chi connectivity index (χ1n) is 7.38. The number of carbonyl (C=O) groups excluding carboxylic acids is 2. The Morgan fingerprint density at radius 2 is 1.50 bits per heavy atom. The van der Waals surface area contributed by atoms with E-state index in [0.29, 0.717) is 27.8 Å². The van der Waals surface area contributed by atoms with Crippen LogP contribution in [0.2, 0.25) is 0 Å². The van der Waals surface area contributed by atoms with Gasteiger partial charge in [0.1, 0.15) is 0 Å². The van der Waals surface area contributed by atoms with Gasteiger partial charge < -0.3 is 0 Å². The molecular weight excluding hydrogens is 362 g/mol. The van der Waals surface area contributed by atoms with E-state index in [2.05, 4.69) is 4.98 Å². The van der Waals surface area contributed by atoms with Gasteiger partial charge in [0, 0.05) is 28.3 Å². The highest BCUT2D eigenvalue weighted by molar-refractivity contribution is 6.31. The van der Waals surface area contributed by atoms with Crippen LogP contribution in [-0.2, 0) is 0 Å². The third-order valence-corrected chi connectivity index (χ3v) is 3.99. The van der Waals surface area contributed by atoms with Crippen molar-refractivity contribution >= 4 is 22.5 Å². The summed E-state index contributed by atoms with van der Waals surface area (Å²) in [4.78, 5) is 29.8. The third-order valence-electron chi connectivity index (χ3n) is 3.99. The van der Waals surface area contributed by atoms with Crippen molar-refractivity contribution in [2.75, 3.05) is 0 Å². The van der Waals surface area contributed by atoms with Crippen LogP contribution in [0.15, 0.2) is 48.7 Å². The van der Waals surface area contributed by atoms with Crippen molar-refractivity contribution in [3.05, 3.63) is 76.5 Å². The van der Waals surface area contributed by atoms with Crippen LogP contribution in [0, 0.1) is 17.2 Å². The van der Waals surface area contributed by atoms with Gasteiger partial charge >= 0.3 is 0 Å². The minimum Gasteiger partial charge on any atom is -0.289 e. The second-order valence-corrected chi connectivity index (χ2v) is 6.41. The van der Waals surface area contributed by atoms with Gasteiger partial charge in [-0.25, -0.2) is 0 Å². The van der Waals surface area contributed by atoms with Crippen LogP contribution in [0.3, 0.4) is 0 Å². The fraction of sp³-hybridized carbons (Fsp3) is 0.0556. The molecule has 2 aromatic carbocycles. The second-order valence-electron chi connectivity index (χ2n) is 5.62. The molecule has 0 radical (unpaired) electrons. The SMILES string of the molecule is Cc1cc2c(c3ncccc13)C(=O)c1ccccc1C2=O.[O-][Cl+3]([O-])([O-])O. The van der Waals surface area contributed by atoms with Gasteiger partial charge in [0.15, 0.2) is 11.6 Å². The molecule has 26 heavy (non-hydrogen) atoms. The number of aromatic nitrogens is 1. The maximum Gasteiger partial charge on any atom is 0.196 e. The summed E-state index contributed by atoms with van der Waals surface area (Å²) in [5.74, 6) is -0.222. The second kappa shape index (κ2) is 6.56. The number of benzene rings is 2. The fourth-order valence-corrected chi connectivity index (χ4v) is 2.98. The summed E-state index contributed by atoms with van der Waals surface area (Å²) in [6, 6.07) is 12.5. The monoisotopic (exact) mass is 373 g/mol. The first kappa shape index (κ1) is 18.1. The molecule has 0 atom stereocenters. The van der Waals surface area contributed by atoms with Crippen LogP contribution in [0.5, 0.6) is 0 Å². The Kier molecular flexibility index (Phi) is 4.57. The molecule has 0 fully saturated rings. The molecule has 0 aliphatic heterocycles. The minimum absolute atomic E-state index is 0.101. The average Bonchev–Trinajstić information content (AvgIpc) is 2.58. The van der Waals surface area contributed by atoms with Gasteiger partial charge in [0.05, 0.1) is 26.0 Å². The number of aryl methyl sites for hydroxylation is 1. The molecular formula is C18H12ClNO6. The fourth-order valence-electron chi connectivity index (χ4n) is 2.98. The number of pyridine rings is 1. The third kappa shape index (κ3) is 3.34. The number of hydrogen-bond acceptors (Lipinski definition) is 7. The van der Waals surface area contributed by atoms with Crippen molar-refractivity contribution in [3.8, 4) is 0 Å². The lowest BCUT2D eigenvalue weighted by molar-refractivity contribution is -1.92. The molecule has 1 aliphatic carbocycles. The Morgan fingerprint density at radius 1 is 0.923 bits per heavy atom. The maximum atomic E-state index is 12.8. The first-order valence-corrected chi connectivity index (χ1v) is 8.65. The van der Waals surface area contributed by atoms with Crippen LogP contribution in [0.25, 0.3) is 10.9 Å². The van der Waals surface area contributed by atoms with Crippen molar-refractivity contribution in [3.63, 3.8) is 0 Å². The normalized spacial score (nSPS) is 13.0. The van der Waals surface area contributed by atoms with E-state index in [1.807, 2.05) is 19.1 Å². The zero-order valence-electron chi connectivity index (χ0n) is 13.4. The van der Waals surface area contributed by atoms with Crippen LogP contribution < -0.4 is 14.0 Å². The van der Waals surface area contributed by atoms with Crippen molar-refractivity contribution in [1.82, 2.24) is 4.98 Å². The molecule has 4 rings (SSSR count). The molecule has 0 saturated heterocycles. The molecule has 132 valence electrons. The molecule has 1 N–H and O–H groups in total. The van der Waals surface area contributed by atoms with E-state index in [1.165, 1.54) is 0 Å². The highest BCUT2D eigenvalue weighted by atomic mass is 35.7.